The van der Waals surface area contributed by atoms with E-state index < -0.39 is 0 Å². The summed E-state index contributed by atoms with van der Waals surface area (Å²) in [6.45, 7) is 1.49. The van der Waals surface area contributed by atoms with E-state index in [-0.39, 0.29) is 6.09 Å². The van der Waals surface area contributed by atoms with Gasteiger partial charge in [-0.2, -0.15) is 0 Å². The number of nitrogens with one attached hydrogen (secondary N) is 1. The van der Waals surface area contributed by atoms with Crippen LogP contribution in [0.1, 0.15) is 12.8 Å². The van der Waals surface area contributed by atoms with E-state index in [1.54, 1.807) is 11.9 Å². The first-order valence-corrected chi connectivity index (χ1v) is 4.78. The van der Waals surface area contributed by atoms with Gasteiger partial charge in [0.1, 0.15) is 0 Å². The fourth-order valence-corrected chi connectivity index (χ4v) is 1.51. The molecule has 1 amide bonds. The lowest BCUT2D eigenvalue weighted by molar-refractivity contribution is 0.111. The fourth-order valence-electron chi connectivity index (χ4n) is 1.51. The number of carbonyl (C=O) groups is 1. The van der Waals surface area contributed by atoms with Crippen LogP contribution in [0.25, 0.3) is 0 Å². The summed E-state index contributed by atoms with van der Waals surface area (Å²) in [5, 5.41) is 2.79. The van der Waals surface area contributed by atoms with E-state index in [9.17, 15) is 4.79 Å². The minimum atomic E-state index is -0.231. The Morgan fingerprint density at radius 2 is 2.14 bits per heavy atom. The minimum Gasteiger partial charge on any atom is -0.453 e. The van der Waals surface area contributed by atoms with Crippen LogP contribution < -0.4 is 5.32 Å². The number of hydrogen-bond acceptors (Lipinski definition) is 3. The van der Waals surface area contributed by atoms with Gasteiger partial charge in [0.15, 0.2) is 0 Å². The third kappa shape index (κ3) is 2.84. The number of ether oxygens (including phenoxy) is 1. The van der Waals surface area contributed by atoms with Gasteiger partial charge in [0.25, 0.3) is 0 Å². The predicted molar refractivity (Wildman–Crippen MR) is 53.5 cm³/mol. The minimum absolute atomic E-state index is 0.231. The van der Waals surface area contributed by atoms with E-state index in [0.717, 1.165) is 25.9 Å². The number of carbonyl (C=O) groups excluding carboxylic acids is 1. The Bertz CT molecular complexity index is 247. The molecule has 0 aromatic heterocycles. The van der Waals surface area contributed by atoms with Gasteiger partial charge in [0.2, 0.25) is 0 Å². The van der Waals surface area contributed by atoms with Crippen LogP contribution in [0.15, 0.2) is 0 Å². The standard InChI is InChI=1S/C10H16N2O2/c1-11-6-3-9-4-7-12(8-5-9)10(13)14-2/h9,11H,4-5,7-8H2,1-2H3. The first kappa shape index (κ1) is 10.7. The second-order valence-corrected chi connectivity index (χ2v) is 3.25. The lowest BCUT2D eigenvalue weighted by Crippen LogP contribution is -2.38. The molecule has 0 saturated carbocycles. The Morgan fingerprint density at radius 3 is 2.64 bits per heavy atom. The van der Waals surface area contributed by atoms with Gasteiger partial charge in [0.05, 0.1) is 7.11 Å². The van der Waals surface area contributed by atoms with Crippen LogP contribution in [0.4, 0.5) is 4.79 Å². The van der Waals surface area contributed by atoms with Gasteiger partial charge in [-0.25, -0.2) is 4.79 Å². The highest BCUT2D eigenvalue weighted by molar-refractivity contribution is 5.67. The van der Waals surface area contributed by atoms with E-state index in [1.165, 1.54) is 7.11 Å². The first-order chi connectivity index (χ1) is 6.77. The average molecular weight is 196 g/mol. The monoisotopic (exact) mass is 196 g/mol. The average Bonchev–Trinajstić information content (AvgIpc) is 2.26. The van der Waals surface area contributed by atoms with Gasteiger partial charge < -0.3 is 15.0 Å². The first-order valence-electron chi connectivity index (χ1n) is 4.78. The van der Waals surface area contributed by atoms with Crippen molar-refractivity contribution >= 4 is 6.09 Å². The summed E-state index contributed by atoms with van der Waals surface area (Å²) in [6.07, 6.45) is 1.64. The van der Waals surface area contributed by atoms with Crippen molar-refractivity contribution in [3.8, 4) is 12.0 Å². The maximum atomic E-state index is 11.1. The summed E-state index contributed by atoms with van der Waals surface area (Å²) in [7, 11) is 3.21. The molecule has 0 spiro atoms. The van der Waals surface area contributed by atoms with Crippen molar-refractivity contribution in [3.05, 3.63) is 0 Å². The number of likely N-dealkylation sites (tertiary alicyclic amines) is 1. The number of methoxy groups -OCH3 is 1. The zero-order valence-electron chi connectivity index (χ0n) is 8.67. The molecular weight excluding hydrogens is 180 g/mol. The molecule has 1 saturated heterocycles. The molecule has 1 rings (SSSR count). The lowest BCUT2D eigenvalue weighted by atomic mass is 9.98. The maximum Gasteiger partial charge on any atom is 0.409 e. The number of hydrogen-bond donors (Lipinski definition) is 1. The molecule has 0 unspecified atom stereocenters. The summed E-state index contributed by atoms with van der Waals surface area (Å²) >= 11 is 0. The fraction of sp³-hybridized carbons (Fsp3) is 0.700. The zero-order valence-corrected chi connectivity index (χ0v) is 8.67. The highest BCUT2D eigenvalue weighted by Crippen LogP contribution is 2.16. The van der Waals surface area contributed by atoms with Crippen LogP contribution in [-0.4, -0.2) is 38.2 Å². The summed E-state index contributed by atoms with van der Waals surface area (Å²) in [6, 6.07) is 2.84. The Morgan fingerprint density at radius 1 is 1.50 bits per heavy atom. The van der Waals surface area contributed by atoms with Gasteiger partial charge in [-0.1, -0.05) is 5.92 Å². The normalized spacial score (nSPS) is 16.9. The van der Waals surface area contributed by atoms with Crippen LogP contribution in [0, 0.1) is 17.9 Å². The van der Waals surface area contributed by atoms with Crippen molar-refractivity contribution in [2.24, 2.45) is 5.92 Å². The van der Waals surface area contributed by atoms with Gasteiger partial charge >= 0.3 is 6.09 Å². The lowest BCUT2D eigenvalue weighted by Gasteiger charge is -2.28. The molecule has 0 aliphatic carbocycles. The highest BCUT2D eigenvalue weighted by atomic mass is 16.5. The van der Waals surface area contributed by atoms with Crippen molar-refractivity contribution in [1.82, 2.24) is 10.2 Å². The largest absolute Gasteiger partial charge is 0.453 e. The number of amides is 1. The van der Waals surface area contributed by atoms with Crippen molar-refractivity contribution < 1.29 is 9.53 Å². The van der Waals surface area contributed by atoms with E-state index in [1.807, 2.05) is 0 Å². The van der Waals surface area contributed by atoms with Crippen LogP contribution in [0.5, 0.6) is 0 Å². The number of rotatable bonds is 0. The molecule has 0 aromatic carbocycles. The molecule has 1 aliphatic heterocycles. The van der Waals surface area contributed by atoms with Crippen LogP contribution in [0.3, 0.4) is 0 Å². The van der Waals surface area contributed by atoms with Crippen LogP contribution in [-0.2, 0) is 4.74 Å². The smallest absolute Gasteiger partial charge is 0.409 e. The molecule has 4 heteroatoms. The van der Waals surface area contributed by atoms with Gasteiger partial charge in [-0.05, 0) is 12.8 Å². The van der Waals surface area contributed by atoms with Crippen molar-refractivity contribution in [2.45, 2.75) is 12.8 Å². The van der Waals surface area contributed by atoms with E-state index >= 15 is 0 Å². The molecule has 1 fully saturated rings. The molecule has 0 radical (unpaired) electrons. The zero-order chi connectivity index (χ0) is 10.4. The van der Waals surface area contributed by atoms with Crippen LogP contribution in [0.2, 0.25) is 0 Å². The molecule has 1 aliphatic rings. The summed E-state index contributed by atoms with van der Waals surface area (Å²) in [5.74, 6) is 3.51. The predicted octanol–water partition coefficient (Wildman–Crippen LogP) is 0.645. The van der Waals surface area contributed by atoms with Gasteiger partial charge in [-0.3, -0.25) is 0 Å². The second kappa shape index (κ2) is 5.38. The number of piperidine rings is 1. The highest BCUT2D eigenvalue weighted by Gasteiger charge is 2.21. The molecule has 0 aromatic rings. The Balaban J connectivity index is 2.34. The van der Waals surface area contributed by atoms with Crippen molar-refractivity contribution in [3.63, 3.8) is 0 Å². The molecule has 0 atom stereocenters. The Hall–Kier alpha value is -1.37. The number of nitrogens with zero attached hydrogens (tertiary/aromatic N) is 1. The second-order valence-electron chi connectivity index (χ2n) is 3.25. The van der Waals surface area contributed by atoms with Gasteiger partial charge in [0, 0.05) is 32.1 Å². The Labute approximate surface area is 84.6 Å². The van der Waals surface area contributed by atoms with E-state index in [4.69, 9.17) is 0 Å². The van der Waals surface area contributed by atoms with Crippen LogP contribution >= 0.6 is 0 Å². The summed E-state index contributed by atoms with van der Waals surface area (Å²) in [4.78, 5) is 12.9. The molecular formula is C10H16N2O2. The summed E-state index contributed by atoms with van der Waals surface area (Å²) in [5.41, 5.74) is 0. The molecule has 78 valence electrons. The summed E-state index contributed by atoms with van der Waals surface area (Å²) < 4.78 is 4.64. The van der Waals surface area contributed by atoms with Crippen molar-refractivity contribution in [2.75, 3.05) is 27.2 Å². The van der Waals surface area contributed by atoms with E-state index in [2.05, 4.69) is 22.0 Å². The van der Waals surface area contributed by atoms with Crippen molar-refractivity contribution in [1.29, 1.82) is 0 Å². The third-order valence-electron chi connectivity index (χ3n) is 2.33. The molecule has 4 nitrogen and oxygen atoms in total. The third-order valence-corrected chi connectivity index (χ3v) is 2.33. The van der Waals surface area contributed by atoms with E-state index in [0.29, 0.717) is 5.92 Å². The molecule has 14 heavy (non-hydrogen) atoms. The van der Waals surface area contributed by atoms with Gasteiger partial charge in [-0.15, -0.1) is 0 Å². The molecule has 1 heterocycles. The molecule has 1 N–H and O–H groups in total. The molecule has 0 bridgehead atoms. The SMILES string of the molecule is CNC#CC1CCN(C(=O)OC)CC1. The Kier molecular flexibility index (Phi) is 4.11. The topological polar surface area (TPSA) is 41.6 Å². The maximum absolute atomic E-state index is 11.1. The quantitative estimate of drug-likeness (QED) is 0.457.